The smallest absolute Gasteiger partial charge is 0.197 e. The number of nitriles is 2. The van der Waals surface area contributed by atoms with Crippen LogP contribution in [0.5, 0.6) is 0 Å². The molecule has 0 aliphatic heterocycles. The molecule has 0 N–H and O–H groups in total. The first-order valence-corrected chi connectivity index (χ1v) is 7.19. The summed E-state index contributed by atoms with van der Waals surface area (Å²) in [4.78, 5) is 0. The van der Waals surface area contributed by atoms with E-state index in [9.17, 15) is 26.3 Å². The van der Waals surface area contributed by atoms with Gasteiger partial charge in [-0.15, -0.1) is 0 Å². The van der Waals surface area contributed by atoms with Gasteiger partial charge in [-0.1, -0.05) is 23.9 Å². The minimum Gasteiger partial charge on any atom is -0.197 e. The predicted octanol–water partition coefficient (Wildman–Crippen LogP) is 4.92. The second-order valence-electron chi connectivity index (χ2n) is 4.72. The van der Waals surface area contributed by atoms with Crippen molar-refractivity contribution >= 4 is 11.8 Å². The second-order valence-corrected chi connectivity index (χ2v) is 5.88. The lowest BCUT2D eigenvalue weighted by atomic mass is 9.82. The summed E-state index contributed by atoms with van der Waals surface area (Å²) in [5.74, 6) is -0.481. The lowest BCUT2D eigenvalue weighted by molar-refractivity contribution is -0.137. The highest BCUT2D eigenvalue weighted by Gasteiger charge is 2.35. The lowest BCUT2D eigenvalue weighted by Gasteiger charge is -2.19. The predicted molar refractivity (Wildman–Crippen MR) is 71.9 cm³/mol. The molecule has 0 saturated heterocycles. The molecule has 0 fully saturated rings. The molecule has 0 amide bonds. The minimum atomic E-state index is -4.51. The third kappa shape index (κ3) is 6.03. The van der Waals surface area contributed by atoms with Gasteiger partial charge in [-0.3, -0.25) is 0 Å². The van der Waals surface area contributed by atoms with Gasteiger partial charge in [0.1, 0.15) is 5.41 Å². The fourth-order valence-electron chi connectivity index (χ4n) is 1.81. The Morgan fingerprint density at radius 2 is 1.43 bits per heavy atom. The van der Waals surface area contributed by atoms with Crippen molar-refractivity contribution in [1.82, 2.24) is 0 Å². The molecule has 0 bridgehead atoms. The number of hydrogen-bond acceptors (Lipinski definition) is 3. The van der Waals surface area contributed by atoms with E-state index >= 15 is 0 Å². The van der Waals surface area contributed by atoms with E-state index in [0.717, 1.165) is 24.3 Å². The first-order valence-electron chi connectivity index (χ1n) is 6.21. The molecule has 0 radical (unpaired) electrons. The standard InChI is InChI=1S/C14H10F6N2S/c15-13(16,17)11-3-1-10(2-4-11)7-12(8-21,9-22)5-6-23-14(18,19)20/h1-4H,5-7H2. The number of halogens is 6. The molecule has 0 aromatic heterocycles. The maximum Gasteiger partial charge on any atom is 0.441 e. The number of thioether (sulfide) groups is 1. The van der Waals surface area contributed by atoms with Crippen LogP contribution < -0.4 is 0 Å². The zero-order valence-electron chi connectivity index (χ0n) is 11.5. The number of rotatable bonds is 5. The van der Waals surface area contributed by atoms with Gasteiger partial charge in [0, 0.05) is 12.2 Å². The molecule has 0 heterocycles. The van der Waals surface area contributed by atoms with Crippen LogP contribution in [-0.4, -0.2) is 11.3 Å². The Morgan fingerprint density at radius 1 is 0.913 bits per heavy atom. The molecule has 1 aromatic rings. The normalized spacial score (nSPS) is 12.5. The lowest BCUT2D eigenvalue weighted by Crippen LogP contribution is -2.21. The molecule has 0 atom stereocenters. The zero-order chi connectivity index (χ0) is 17.7. The summed E-state index contributed by atoms with van der Waals surface area (Å²) < 4.78 is 73.7. The molecule has 0 spiro atoms. The maximum atomic E-state index is 12.5. The highest BCUT2D eigenvalue weighted by atomic mass is 32.2. The van der Waals surface area contributed by atoms with Gasteiger partial charge in [0.25, 0.3) is 0 Å². The molecule has 0 saturated carbocycles. The van der Waals surface area contributed by atoms with Crippen molar-refractivity contribution in [3.63, 3.8) is 0 Å². The van der Waals surface area contributed by atoms with Crippen molar-refractivity contribution in [2.75, 3.05) is 5.75 Å². The van der Waals surface area contributed by atoms with Gasteiger partial charge in [-0.05, 0) is 24.1 Å². The van der Waals surface area contributed by atoms with Crippen molar-refractivity contribution in [3.05, 3.63) is 35.4 Å². The van der Waals surface area contributed by atoms with Gasteiger partial charge >= 0.3 is 11.7 Å². The fraction of sp³-hybridized carbons (Fsp3) is 0.429. The van der Waals surface area contributed by atoms with Crippen LogP contribution in [0, 0.1) is 28.1 Å². The van der Waals surface area contributed by atoms with Gasteiger partial charge in [0.2, 0.25) is 0 Å². The Kier molecular flexibility index (Phi) is 5.95. The first-order chi connectivity index (χ1) is 10.5. The summed E-state index contributed by atoms with van der Waals surface area (Å²) in [5.41, 5.74) is -6.78. The molecular formula is C14H10F6N2S. The van der Waals surface area contributed by atoms with E-state index < -0.39 is 28.4 Å². The van der Waals surface area contributed by atoms with E-state index in [-0.39, 0.29) is 30.2 Å². The third-order valence-electron chi connectivity index (χ3n) is 3.01. The van der Waals surface area contributed by atoms with Crippen LogP contribution in [0.1, 0.15) is 17.5 Å². The van der Waals surface area contributed by atoms with E-state index in [4.69, 9.17) is 10.5 Å². The topological polar surface area (TPSA) is 47.6 Å². The molecule has 9 heteroatoms. The number of alkyl halides is 6. The average Bonchev–Trinajstić information content (AvgIpc) is 2.44. The number of nitrogens with zero attached hydrogens (tertiary/aromatic N) is 2. The maximum absolute atomic E-state index is 12.5. The third-order valence-corrected chi connectivity index (χ3v) is 3.75. The van der Waals surface area contributed by atoms with E-state index in [1.165, 1.54) is 0 Å². The SMILES string of the molecule is N#CC(C#N)(CCSC(F)(F)F)Cc1ccc(C(F)(F)F)cc1. The van der Waals surface area contributed by atoms with E-state index in [1.807, 2.05) is 0 Å². The Balaban J connectivity index is 2.84. The van der Waals surface area contributed by atoms with Crippen molar-refractivity contribution in [3.8, 4) is 12.1 Å². The van der Waals surface area contributed by atoms with Crippen molar-refractivity contribution < 1.29 is 26.3 Å². The van der Waals surface area contributed by atoms with E-state index in [2.05, 4.69) is 0 Å². The Morgan fingerprint density at radius 3 is 1.83 bits per heavy atom. The largest absolute Gasteiger partial charge is 0.441 e. The van der Waals surface area contributed by atoms with Gasteiger partial charge in [0.05, 0.1) is 17.7 Å². The van der Waals surface area contributed by atoms with Crippen LogP contribution in [0.2, 0.25) is 0 Å². The molecule has 0 aliphatic rings. The quantitative estimate of drug-likeness (QED) is 0.707. The van der Waals surface area contributed by atoms with Gasteiger partial charge < -0.3 is 0 Å². The Labute approximate surface area is 132 Å². The van der Waals surface area contributed by atoms with Gasteiger partial charge in [-0.25, -0.2) is 0 Å². The Hall–Kier alpha value is -1.87. The van der Waals surface area contributed by atoms with Crippen LogP contribution in [-0.2, 0) is 12.6 Å². The van der Waals surface area contributed by atoms with Gasteiger partial charge in [0.15, 0.2) is 0 Å². The summed E-state index contributed by atoms with van der Waals surface area (Å²) in [7, 11) is 0. The van der Waals surface area contributed by atoms with Crippen molar-refractivity contribution in [1.29, 1.82) is 10.5 Å². The molecular weight excluding hydrogens is 342 g/mol. The molecule has 124 valence electrons. The number of hydrogen-bond donors (Lipinski definition) is 0. The Bertz CT molecular complexity index is 593. The summed E-state index contributed by atoms with van der Waals surface area (Å²) in [6, 6.07) is 7.20. The van der Waals surface area contributed by atoms with E-state index in [0.29, 0.717) is 0 Å². The number of benzene rings is 1. The molecule has 0 aliphatic carbocycles. The summed E-state index contributed by atoms with van der Waals surface area (Å²) >= 11 is -0.343. The molecule has 1 rings (SSSR count). The first kappa shape index (κ1) is 19.2. The van der Waals surface area contributed by atoms with Crippen molar-refractivity contribution in [2.45, 2.75) is 24.5 Å². The highest BCUT2D eigenvalue weighted by Crippen LogP contribution is 2.35. The average molecular weight is 352 g/mol. The van der Waals surface area contributed by atoms with Crippen LogP contribution in [0.4, 0.5) is 26.3 Å². The van der Waals surface area contributed by atoms with Crippen LogP contribution >= 0.6 is 11.8 Å². The molecule has 1 aromatic carbocycles. The molecule has 23 heavy (non-hydrogen) atoms. The molecule has 2 nitrogen and oxygen atoms in total. The van der Waals surface area contributed by atoms with Crippen molar-refractivity contribution in [2.24, 2.45) is 5.41 Å². The van der Waals surface area contributed by atoms with E-state index in [1.54, 1.807) is 12.1 Å². The summed E-state index contributed by atoms with van der Waals surface area (Å²) in [6.07, 6.45) is -5.09. The highest BCUT2D eigenvalue weighted by molar-refractivity contribution is 8.00. The van der Waals surface area contributed by atoms with Crippen LogP contribution in [0.3, 0.4) is 0 Å². The van der Waals surface area contributed by atoms with Gasteiger partial charge in [-0.2, -0.15) is 36.9 Å². The second kappa shape index (κ2) is 7.14. The van der Waals surface area contributed by atoms with Crippen LogP contribution in [0.15, 0.2) is 24.3 Å². The fourth-order valence-corrected chi connectivity index (χ4v) is 2.49. The summed E-state index contributed by atoms with van der Waals surface area (Å²) in [5, 5.41) is 18.2. The monoisotopic (exact) mass is 352 g/mol. The van der Waals surface area contributed by atoms with Crippen LogP contribution in [0.25, 0.3) is 0 Å². The summed E-state index contributed by atoms with van der Waals surface area (Å²) in [6.45, 7) is 0. The minimum absolute atomic E-state index is 0.240. The zero-order valence-corrected chi connectivity index (χ0v) is 12.3. The molecule has 0 unspecified atom stereocenters.